The predicted octanol–water partition coefficient (Wildman–Crippen LogP) is 5.59. The van der Waals surface area contributed by atoms with Crippen LogP contribution in [-0.2, 0) is 0 Å². The number of carbonyl (C=O) groups is 2. The van der Waals surface area contributed by atoms with E-state index in [0.717, 1.165) is 34.0 Å². The Hall–Kier alpha value is -4.13. The van der Waals surface area contributed by atoms with Crippen LogP contribution in [0.15, 0.2) is 66.9 Å². The third kappa shape index (κ3) is 4.56. The summed E-state index contributed by atoms with van der Waals surface area (Å²) in [5.74, 6) is 1.21. The van der Waals surface area contributed by atoms with Gasteiger partial charge in [0, 0.05) is 23.8 Å². The molecular weight excluding hydrogens is 452 g/mol. The number of nitrogens with zero attached hydrogens (tertiary/aromatic N) is 3. The van der Waals surface area contributed by atoms with Gasteiger partial charge in [-0.3, -0.25) is 18.9 Å². The van der Waals surface area contributed by atoms with E-state index in [1.807, 2.05) is 30.5 Å². The van der Waals surface area contributed by atoms with E-state index in [9.17, 15) is 9.59 Å². The van der Waals surface area contributed by atoms with Gasteiger partial charge in [0.2, 0.25) is 0 Å². The molecule has 1 aliphatic heterocycles. The number of fused-ring (bicyclic) bond motifs is 2. The fraction of sp³-hybridized carbons (Fsp3) is 0.276. The molecule has 7 heteroatoms. The van der Waals surface area contributed by atoms with Gasteiger partial charge in [0.05, 0.1) is 17.7 Å². The summed E-state index contributed by atoms with van der Waals surface area (Å²) in [4.78, 5) is 31.2. The number of aryl methyl sites for hydroxylation is 1. The molecule has 5 rings (SSSR count). The average molecular weight is 483 g/mol. The predicted molar refractivity (Wildman–Crippen MR) is 141 cm³/mol. The Morgan fingerprint density at radius 2 is 1.61 bits per heavy atom. The summed E-state index contributed by atoms with van der Waals surface area (Å²) >= 11 is 0. The normalized spacial score (nSPS) is 13.4. The largest absolute Gasteiger partial charge is 0.494 e. The maximum atomic E-state index is 12.5. The molecule has 0 radical (unpaired) electrons. The van der Waals surface area contributed by atoms with Gasteiger partial charge in [-0.15, -0.1) is 0 Å². The van der Waals surface area contributed by atoms with Crippen LogP contribution in [0.25, 0.3) is 16.9 Å². The lowest BCUT2D eigenvalue weighted by atomic mass is 10.1. The molecule has 0 aliphatic carbocycles. The van der Waals surface area contributed by atoms with E-state index < -0.39 is 0 Å². The highest BCUT2D eigenvalue weighted by molar-refractivity contribution is 6.21. The molecule has 0 bridgehead atoms. The topological polar surface area (TPSA) is 75.9 Å². The summed E-state index contributed by atoms with van der Waals surface area (Å²) in [6.45, 7) is 9.17. The third-order valence-corrected chi connectivity index (χ3v) is 6.08. The molecule has 3 heterocycles. The van der Waals surface area contributed by atoms with Gasteiger partial charge in [0.25, 0.3) is 11.8 Å². The standard InChI is InChI=1S/C29H30N4O3/c1-19-14-16-32-24(18-19)30-25(26(32)31-29(2,3)4)20-10-12-21(13-11-20)36-17-7-15-33-27(34)22-8-5-6-9-23(22)28(33)35/h5-6,8-14,16,18,31H,7,15,17H2,1-4H3. The summed E-state index contributed by atoms with van der Waals surface area (Å²) in [6.07, 6.45) is 2.60. The van der Waals surface area contributed by atoms with Crippen molar-refractivity contribution in [2.24, 2.45) is 0 Å². The van der Waals surface area contributed by atoms with Crippen LogP contribution < -0.4 is 10.1 Å². The molecule has 2 aromatic heterocycles. The second-order valence-corrected chi connectivity index (χ2v) is 10.2. The summed E-state index contributed by atoms with van der Waals surface area (Å²) < 4.78 is 7.98. The number of nitrogens with one attached hydrogen (secondary N) is 1. The fourth-order valence-corrected chi connectivity index (χ4v) is 4.39. The Balaban J connectivity index is 1.25. The summed E-state index contributed by atoms with van der Waals surface area (Å²) in [5, 5.41) is 3.60. The second kappa shape index (κ2) is 9.15. The van der Waals surface area contributed by atoms with Crippen LogP contribution in [0, 0.1) is 6.92 Å². The van der Waals surface area contributed by atoms with Crippen molar-refractivity contribution in [1.82, 2.24) is 14.3 Å². The molecule has 7 nitrogen and oxygen atoms in total. The van der Waals surface area contributed by atoms with Crippen molar-refractivity contribution in [3.63, 3.8) is 0 Å². The molecule has 2 amide bonds. The first kappa shape index (κ1) is 23.6. The molecular formula is C29H30N4O3. The number of rotatable bonds is 7. The Bertz CT molecular complexity index is 1410. The van der Waals surface area contributed by atoms with E-state index in [0.29, 0.717) is 30.7 Å². The van der Waals surface area contributed by atoms with Crippen LogP contribution in [0.5, 0.6) is 5.75 Å². The lowest BCUT2D eigenvalue weighted by Crippen LogP contribution is -2.31. The molecule has 0 atom stereocenters. The third-order valence-electron chi connectivity index (χ3n) is 6.08. The maximum Gasteiger partial charge on any atom is 0.261 e. The van der Waals surface area contributed by atoms with E-state index in [-0.39, 0.29) is 17.4 Å². The number of anilines is 1. The SMILES string of the molecule is Cc1ccn2c(NC(C)(C)C)c(-c3ccc(OCCCN4C(=O)c5ccccc5C4=O)cc3)nc2c1. The number of ether oxygens (including phenoxy) is 1. The van der Waals surface area contributed by atoms with Crippen molar-refractivity contribution in [1.29, 1.82) is 0 Å². The van der Waals surface area contributed by atoms with Gasteiger partial charge in [-0.25, -0.2) is 4.98 Å². The minimum Gasteiger partial charge on any atom is -0.494 e. The van der Waals surface area contributed by atoms with Crippen molar-refractivity contribution < 1.29 is 14.3 Å². The van der Waals surface area contributed by atoms with Crippen molar-refractivity contribution in [3.05, 3.63) is 83.6 Å². The Morgan fingerprint density at radius 1 is 0.944 bits per heavy atom. The molecule has 0 spiro atoms. The number of carbonyl (C=O) groups excluding carboxylic acids is 2. The van der Waals surface area contributed by atoms with Gasteiger partial charge in [-0.1, -0.05) is 12.1 Å². The van der Waals surface area contributed by atoms with Crippen LogP contribution in [0.3, 0.4) is 0 Å². The Labute approximate surface area is 210 Å². The van der Waals surface area contributed by atoms with Gasteiger partial charge in [0.15, 0.2) is 0 Å². The zero-order valence-electron chi connectivity index (χ0n) is 21.0. The van der Waals surface area contributed by atoms with Crippen LogP contribution in [0.2, 0.25) is 0 Å². The van der Waals surface area contributed by atoms with E-state index in [1.54, 1.807) is 24.3 Å². The minimum atomic E-state index is -0.234. The highest BCUT2D eigenvalue weighted by Gasteiger charge is 2.34. The molecule has 1 N–H and O–H groups in total. The van der Waals surface area contributed by atoms with Crippen molar-refractivity contribution >= 4 is 23.3 Å². The smallest absolute Gasteiger partial charge is 0.261 e. The van der Waals surface area contributed by atoms with Gasteiger partial charge < -0.3 is 10.1 Å². The van der Waals surface area contributed by atoms with Crippen LogP contribution in [-0.4, -0.2) is 44.8 Å². The van der Waals surface area contributed by atoms with E-state index in [1.165, 1.54) is 4.90 Å². The molecule has 0 fully saturated rings. The fourth-order valence-electron chi connectivity index (χ4n) is 4.39. The maximum absolute atomic E-state index is 12.5. The Morgan fingerprint density at radius 3 is 2.25 bits per heavy atom. The van der Waals surface area contributed by atoms with Crippen LogP contribution >= 0.6 is 0 Å². The Kier molecular flexibility index (Phi) is 6.00. The van der Waals surface area contributed by atoms with E-state index in [2.05, 4.69) is 49.5 Å². The number of imidazole rings is 1. The number of hydrogen-bond acceptors (Lipinski definition) is 5. The minimum absolute atomic E-state index is 0.127. The van der Waals surface area contributed by atoms with Gasteiger partial charge >= 0.3 is 0 Å². The van der Waals surface area contributed by atoms with E-state index >= 15 is 0 Å². The van der Waals surface area contributed by atoms with Crippen LogP contribution in [0.4, 0.5) is 5.82 Å². The molecule has 2 aromatic carbocycles. The first-order chi connectivity index (χ1) is 17.2. The second-order valence-electron chi connectivity index (χ2n) is 10.2. The van der Waals surface area contributed by atoms with Crippen molar-refractivity contribution in [2.45, 2.75) is 39.7 Å². The quantitative estimate of drug-likeness (QED) is 0.275. The van der Waals surface area contributed by atoms with Crippen molar-refractivity contribution in [2.75, 3.05) is 18.5 Å². The molecule has 4 aromatic rings. The van der Waals surface area contributed by atoms with Gasteiger partial charge in [-0.05, 0) is 88.2 Å². The van der Waals surface area contributed by atoms with Gasteiger partial charge in [-0.2, -0.15) is 0 Å². The summed E-state index contributed by atoms with van der Waals surface area (Å²) in [6, 6.07) is 18.9. The number of pyridine rings is 1. The zero-order chi connectivity index (χ0) is 25.4. The zero-order valence-corrected chi connectivity index (χ0v) is 21.0. The molecule has 184 valence electrons. The monoisotopic (exact) mass is 482 g/mol. The average Bonchev–Trinajstić information content (AvgIpc) is 3.30. The molecule has 0 saturated carbocycles. The number of amides is 2. The van der Waals surface area contributed by atoms with Gasteiger partial charge in [0.1, 0.15) is 22.9 Å². The lowest BCUT2D eigenvalue weighted by Gasteiger charge is -2.22. The highest BCUT2D eigenvalue weighted by Crippen LogP contribution is 2.32. The number of aromatic nitrogens is 2. The lowest BCUT2D eigenvalue weighted by molar-refractivity contribution is 0.0646. The number of benzene rings is 2. The summed E-state index contributed by atoms with van der Waals surface area (Å²) in [7, 11) is 0. The van der Waals surface area contributed by atoms with Crippen LogP contribution in [0.1, 0.15) is 53.5 Å². The first-order valence-electron chi connectivity index (χ1n) is 12.2. The summed E-state index contributed by atoms with van der Waals surface area (Å²) in [5.41, 5.74) is 4.74. The molecule has 1 aliphatic rings. The van der Waals surface area contributed by atoms with Crippen molar-refractivity contribution in [3.8, 4) is 17.0 Å². The first-order valence-corrected chi connectivity index (χ1v) is 12.2. The van der Waals surface area contributed by atoms with E-state index in [4.69, 9.17) is 9.72 Å². The molecule has 0 saturated heterocycles. The molecule has 0 unspecified atom stereocenters. The molecule has 36 heavy (non-hydrogen) atoms. The number of imide groups is 1. The number of hydrogen-bond donors (Lipinski definition) is 1. The highest BCUT2D eigenvalue weighted by atomic mass is 16.5.